The Morgan fingerprint density at radius 1 is 0.357 bits per heavy atom. The standard InChI is InChI=1S/C40H27NO/c1-2-14-28(15-3-1)30-18-6-7-20-32(30)33-21-8-10-23-36(33)41(35-24-12-17-29-16-4-5-19-31(29)35)37-25-13-27-39-40(37)34-22-9-11-26-38(34)42-39/h1-27H. The van der Waals surface area contributed by atoms with Crippen LogP contribution in [0, 0.1) is 0 Å². The van der Waals surface area contributed by atoms with Crippen LogP contribution in [0.1, 0.15) is 0 Å². The van der Waals surface area contributed by atoms with Crippen molar-refractivity contribution in [1.82, 2.24) is 0 Å². The van der Waals surface area contributed by atoms with Crippen LogP contribution in [0.2, 0.25) is 0 Å². The fourth-order valence-corrected chi connectivity index (χ4v) is 6.22. The number of hydrogen-bond acceptors (Lipinski definition) is 2. The van der Waals surface area contributed by atoms with Crippen LogP contribution in [0.15, 0.2) is 168 Å². The van der Waals surface area contributed by atoms with E-state index in [1.807, 2.05) is 12.1 Å². The molecule has 0 spiro atoms. The maximum absolute atomic E-state index is 6.37. The molecule has 0 atom stereocenters. The highest BCUT2D eigenvalue weighted by Gasteiger charge is 2.23. The molecule has 0 aliphatic heterocycles. The Morgan fingerprint density at radius 3 is 1.81 bits per heavy atom. The fourth-order valence-electron chi connectivity index (χ4n) is 6.22. The van der Waals surface area contributed by atoms with E-state index >= 15 is 0 Å². The number of fused-ring (bicyclic) bond motifs is 4. The van der Waals surface area contributed by atoms with Gasteiger partial charge in [-0.15, -0.1) is 0 Å². The van der Waals surface area contributed by atoms with Gasteiger partial charge in [-0.2, -0.15) is 0 Å². The molecule has 0 unspecified atom stereocenters. The second-order valence-corrected chi connectivity index (χ2v) is 10.5. The van der Waals surface area contributed by atoms with Gasteiger partial charge in [-0.25, -0.2) is 0 Å². The summed E-state index contributed by atoms with van der Waals surface area (Å²) < 4.78 is 6.37. The lowest BCUT2D eigenvalue weighted by Gasteiger charge is -2.30. The lowest BCUT2D eigenvalue weighted by atomic mass is 9.92. The van der Waals surface area contributed by atoms with E-state index in [1.165, 1.54) is 27.5 Å². The highest BCUT2D eigenvalue weighted by Crippen LogP contribution is 2.48. The number of rotatable bonds is 5. The predicted octanol–water partition coefficient (Wildman–Crippen LogP) is 11.5. The van der Waals surface area contributed by atoms with Gasteiger partial charge in [0.1, 0.15) is 11.2 Å². The molecule has 0 radical (unpaired) electrons. The molecule has 198 valence electrons. The smallest absolute Gasteiger partial charge is 0.137 e. The van der Waals surface area contributed by atoms with Crippen molar-refractivity contribution in [3.8, 4) is 22.3 Å². The SMILES string of the molecule is c1ccc(-c2ccccc2-c2ccccc2N(c2cccc3ccccc23)c2cccc3oc4ccccc4c23)cc1. The molecule has 2 heteroatoms. The molecule has 0 bridgehead atoms. The van der Waals surface area contributed by atoms with Crippen molar-refractivity contribution in [2.24, 2.45) is 0 Å². The van der Waals surface area contributed by atoms with Crippen molar-refractivity contribution < 1.29 is 4.42 Å². The topological polar surface area (TPSA) is 16.4 Å². The first-order valence-electron chi connectivity index (χ1n) is 14.3. The van der Waals surface area contributed by atoms with Gasteiger partial charge in [0.2, 0.25) is 0 Å². The minimum Gasteiger partial charge on any atom is -0.456 e. The maximum atomic E-state index is 6.37. The maximum Gasteiger partial charge on any atom is 0.137 e. The fraction of sp³-hybridized carbons (Fsp3) is 0. The second-order valence-electron chi connectivity index (χ2n) is 10.5. The van der Waals surface area contributed by atoms with Crippen LogP contribution in [0.5, 0.6) is 0 Å². The van der Waals surface area contributed by atoms with Crippen molar-refractivity contribution in [2.45, 2.75) is 0 Å². The largest absolute Gasteiger partial charge is 0.456 e. The van der Waals surface area contributed by atoms with E-state index in [9.17, 15) is 0 Å². The van der Waals surface area contributed by atoms with Gasteiger partial charge in [-0.3, -0.25) is 0 Å². The zero-order chi connectivity index (χ0) is 27.9. The Labute approximate surface area is 244 Å². The van der Waals surface area contributed by atoms with Crippen molar-refractivity contribution in [1.29, 1.82) is 0 Å². The summed E-state index contributed by atoms with van der Waals surface area (Å²) >= 11 is 0. The highest BCUT2D eigenvalue weighted by atomic mass is 16.3. The van der Waals surface area contributed by atoms with Crippen LogP contribution in [-0.2, 0) is 0 Å². The van der Waals surface area contributed by atoms with Crippen molar-refractivity contribution in [2.75, 3.05) is 4.90 Å². The zero-order valence-corrected chi connectivity index (χ0v) is 22.9. The Balaban J connectivity index is 1.47. The summed E-state index contributed by atoms with van der Waals surface area (Å²) in [4.78, 5) is 2.42. The van der Waals surface area contributed by atoms with E-state index in [1.54, 1.807) is 0 Å². The third-order valence-corrected chi connectivity index (χ3v) is 8.08. The van der Waals surface area contributed by atoms with E-state index in [2.05, 4.69) is 157 Å². The average Bonchev–Trinajstić information content (AvgIpc) is 3.45. The van der Waals surface area contributed by atoms with Gasteiger partial charge in [0.05, 0.1) is 22.4 Å². The summed E-state index contributed by atoms with van der Waals surface area (Å²) in [6.07, 6.45) is 0. The molecule has 8 rings (SSSR count). The molecule has 0 N–H and O–H groups in total. The Bertz CT molecular complexity index is 2200. The molecule has 8 aromatic rings. The molecule has 1 heterocycles. The van der Waals surface area contributed by atoms with Crippen LogP contribution in [0.25, 0.3) is 55.0 Å². The number of para-hydroxylation sites is 2. The molecule has 0 fully saturated rings. The van der Waals surface area contributed by atoms with E-state index in [0.29, 0.717) is 0 Å². The van der Waals surface area contributed by atoms with Crippen LogP contribution in [0.4, 0.5) is 17.1 Å². The average molecular weight is 538 g/mol. The summed E-state index contributed by atoms with van der Waals surface area (Å²) in [6, 6.07) is 58.0. The van der Waals surface area contributed by atoms with Crippen LogP contribution in [0.3, 0.4) is 0 Å². The number of anilines is 3. The normalized spacial score (nSPS) is 11.3. The Kier molecular flexibility index (Phi) is 5.82. The van der Waals surface area contributed by atoms with Gasteiger partial charge < -0.3 is 9.32 Å². The van der Waals surface area contributed by atoms with Crippen molar-refractivity contribution >= 4 is 49.8 Å². The summed E-state index contributed by atoms with van der Waals surface area (Å²) in [6.45, 7) is 0. The second kappa shape index (κ2) is 10.1. The monoisotopic (exact) mass is 537 g/mol. The first kappa shape index (κ1) is 24.2. The zero-order valence-electron chi connectivity index (χ0n) is 22.9. The van der Waals surface area contributed by atoms with Gasteiger partial charge in [-0.1, -0.05) is 133 Å². The molecule has 1 aromatic heterocycles. The molecule has 0 saturated heterocycles. The van der Waals surface area contributed by atoms with Crippen LogP contribution >= 0.6 is 0 Å². The molecule has 42 heavy (non-hydrogen) atoms. The minimum absolute atomic E-state index is 0.876. The van der Waals surface area contributed by atoms with E-state index < -0.39 is 0 Å². The molecule has 0 amide bonds. The van der Waals surface area contributed by atoms with Gasteiger partial charge in [0.25, 0.3) is 0 Å². The number of nitrogens with zero attached hydrogens (tertiary/aromatic N) is 1. The van der Waals surface area contributed by atoms with Gasteiger partial charge in [-0.05, 0) is 52.4 Å². The van der Waals surface area contributed by atoms with E-state index in [0.717, 1.165) is 44.6 Å². The lowest BCUT2D eigenvalue weighted by molar-refractivity contribution is 0.669. The first-order chi connectivity index (χ1) is 20.9. The molecule has 0 aliphatic rings. The third-order valence-electron chi connectivity index (χ3n) is 8.08. The minimum atomic E-state index is 0.876. The molecular formula is C40H27NO. The quantitative estimate of drug-likeness (QED) is 0.217. The number of benzene rings is 7. The molecule has 0 aliphatic carbocycles. The molecule has 0 saturated carbocycles. The summed E-state index contributed by atoms with van der Waals surface area (Å²) in [5.74, 6) is 0. The van der Waals surface area contributed by atoms with Gasteiger partial charge in [0.15, 0.2) is 0 Å². The Hall–Kier alpha value is -5.60. The number of furan rings is 1. The van der Waals surface area contributed by atoms with Gasteiger partial charge in [0, 0.05) is 16.3 Å². The molecular weight excluding hydrogens is 510 g/mol. The summed E-state index contributed by atoms with van der Waals surface area (Å²) in [5.41, 5.74) is 9.83. The molecule has 2 nitrogen and oxygen atoms in total. The van der Waals surface area contributed by atoms with E-state index in [4.69, 9.17) is 4.42 Å². The summed E-state index contributed by atoms with van der Waals surface area (Å²) in [5, 5.41) is 4.60. The third kappa shape index (κ3) is 3.96. The summed E-state index contributed by atoms with van der Waals surface area (Å²) in [7, 11) is 0. The number of hydrogen-bond donors (Lipinski definition) is 0. The van der Waals surface area contributed by atoms with Crippen LogP contribution < -0.4 is 4.90 Å². The first-order valence-corrected chi connectivity index (χ1v) is 14.3. The van der Waals surface area contributed by atoms with E-state index in [-0.39, 0.29) is 0 Å². The Morgan fingerprint density at radius 2 is 0.929 bits per heavy atom. The van der Waals surface area contributed by atoms with Crippen molar-refractivity contribution in [3.05, 3.63) is 164 Å². The van der Waals surface area contributed by atoms with Crippen molar-refractivity contribution in [3.63, 3.8) is 0 Å². The molecule has 7 aromatic carbocycles. The van der Waals surface area contributed by atoms with Crippen LogP contribution in [-0.4, -0.2) is 0 Å². The van der Waals surface area contributed by atoms with Gasteiger partial charge >= 0.3 is 0 Å². The highest BCUT2D eigenvalue weighted by molar-refractivity contribution is 6.15. The predicted molar refractivity (Wildman–Crippen MR) is 177 cm³/mol. The lowest BCUT2D eigenvalue weighted by Crippen LogP contribution is -2.12.